The fraction of sp³-hybridized carbons (Fsp3) is 0.231. The van der Waals surface area contributed by atoms with Crippen molar-refractivity contribution in [2.24, 2.45) is 0 Å². The Hall–Kier alpha value is -2.30. The lowest BCUT2D eigenvalue weighted by Gasteiger charge is -2.20. The van der Waals surface area contributed by atoms with Gasteiger partial charge in [-0.2, -0.15) is 5.10 Å². The Balaban J connectivity index is 2.35. The molecule has 0 spiro atoms. The van der Waals surface area contributed by atoms with Crippen LogP contribution in [0.1, 0.15) is 23.0 Å². The summed E-state index contributed by atoms with van der Waals surface area (Å²) in [6.45, 7) is 4.49. The number of carbonyl (C=O) groups is 1. The molecule has 0 radical (unpaired) electrons. The summed E-state index contributed by atoms with van der Waals surface area (Å²) in [6.07, 6.45) is 1.44. The number of H-pyrrole nitrogens is 1. The van der Waals surface area contributed by atoms with E-state index in [4.69, 9.17) is 5.73 Å². The number of aryl methyl sites for hydroxylation is 1. The number of nitrogens with one attached hydrogen (secondary N) is 1. The summed E-state index contributed by atoms with van der Waals surface area (Å²) in [5.41, 5.74) is 8.36. The zero-order valence-corrected chi connectivity index (χ0v) is 10.5. The second kappa shape index (κ2) is 4.91. The van der Waals surface area contributed by atoms with E-state index in [-0.39, 0.29) is 5.91 Å². The van der Waals surface area contributed by atoms with Gasteiger partial charge in [0, 0.05) is 12.2 Å². The highest BCUT2D eigenvalue weighted by molar-refractivity contribution is 6.07. The average Bonchev–Trinajstić information content (AvgIpc) is 2.76. The Morgan fingerprint density at radius 2 is 2.28 bits per heavy atom. The maximum Gasteiger partial charge on any atom is 0.278 e. The van der Waals surface area contributed by atoms with Gasteiger partial charge in [0.1, 0.15) is 5.69 Å². The third-order valence-corrected chi connectivity index (χ3v) is 2.76. The normalized spacial score (nSPS) is 10.3. The van der Waals surface area contributed by atoms with Crippen LogP contribution in [0.15, 0.2) is 30.5 Å². The van der Waals surface area contributed by atoms with Gasteiger partial charge in [-0.15, -0.1) is 0 Å². The summed E-state index contributed by atoms with van der Waals surface area (Å²) in [6, 6.07) is 7.79. The van der Waals surface area contributed by atoms with Crippen molar-refractivity contribution in [2.45, 2.75) is 13.8 Å². The van der Waals surface area contributed by atoms with Crippen LogP contribution in [0.5, 0.6) is 0 Å². The van der Waals surface area contributed by atoms with E-state index in [0.717, 1.165) is 11.3 Å². The Labute approximate surface area is 106 Å². The number of amides is 1. The van der Waals surface area contributed by atoms with Crippen molar-refractivity contribution >= 4 is 17.3 Å². The molecule has 2 rings (SSSR count). The van der Waals surface area contributed by atoms with Crippen molar-refractivity contribution in [3.63, 3.8) is 0 Å². The van der Waals surface area contributed by atoms with Crippen LogP contribution >= 0.6 is 0 Å². The predicted octanol–water partition coefficient (Wildman–Crippen LogP) is 1.97. The number of rotatable bonds is 3. The van der Waals surface area contributed by atoms with Gasteiger partial charge in [-0.1, -0.05) is 12.1 Å². The average molecular weight is 244 g/mol. The van der Waals surface area contributed by atoms with Crippen LogP contribution in [0.3, 0.4) is 0 Å². The number of hydrogen-bond donors (Lipinski definition) is 2. The van der Waals surface area contributed by atoms with E-state index in [2.05, 4.69) is 10.2 Å². The largest absolute Gasteiger partial charge is 0.396 e. The van der Waals surface area contributed by atoms with Gasteiger partial charge in [0.05, 0.1) is 11.9 Å². The van der Waals surface area contributed by atoms with Crippen LogP contribution in [0, 0.1) is 6.92 Å². The lowest BCUT2D eigenvalue weighted by atomic mass is 10.2. The van der Waals surface area contributed by atoms with Crippen LogP contribution < -0.4 is 10.6 Å². The Kier molecular flexibility index (Phi) is 3.32. The second-order valence-corrected chi connectivity index (χ2v) is 4.09. The molecule has 1 aromatic heterocycles. The van der Waals surface area contributed by atoms with Gasteiger partial charge < -0.3 is 10.6 Å². The van der Waals surface area contributed by atoms with E-state index in [1.54, 1.807) is 4.90 Å². The number of aromatic nitrogens is 2. The standard InChI is InChI=1S/C13H16N4O/c1-3-17(10-6-4-5-9(2)7-10)13(18)12-11(14)8-15-16-12/h4-8H,3,14H2,1-2H3,(H,15,16). The first kappa shape index (κ1) is 12.2. The molecule has 5 nitrogen and oxygen atoms in total. The number of nitrogens with zero attached hydrogens (tertiary/aromatic N) is 2. The minimum atomic E-state index is -0.168. The molecule has 0 bridgehead atoms. The summed E-state index contributed by atoms with van der Waals surface area (Å²) in [7, 11) is 0. The molecule has 0 atom stereocenters. The maximum absolute atomic E-state index is 12.3. The number of carbonyl (C=O) groups excluding carboxylic acids is 1. The Morgan fingerprint density at radius 3 is 2.83 bits per heavy atom. The van der Waals surface area contributed by atoms with Gasteiger partial charge in [0.25, 0.3) is 5.91 Å². The number of hydrogen-bond acceptors (Lipinski definition) is 3. The van der Waals surface area contributed by atoms with Gasteiger partial charge in [0.15, 0.2) is 0 Å². The van der Waals surface area contributed by atoms with E-state index in [9.17, 15) is 4.79 Å². The minimum absolute atomic E-state index is 0.168. The van der Waals surface area contributed by atoms with Gasteiger partial charge in [-0.3, -0.25) is 9.89 Å². The molecule has 0 aliphatic rings. The Bertz CT molecular complexity index is 562. The first-order chi connectivity index (χ1) is 8.63. The minimum Gasteiger partial charge on any atom is -0.396 e. The fourth-order valence-corrected chi connectivity index (χ4v) is 1.84. The topological polar surface area (TPSA) is 75.0 Å². The molecule has 5 heteroatoms. The van der Waals surface area contributed by atoms with Crippen molar-refractivity contribution in [3.05, 3.63) is 41.7 Å². The summed E-state index contributed by atoms with van der Waals surface area (Å²) < 4.78 is 0. The van der Waals surface area contributed by atoms with E-state index in [1.807, 2.05) is 38.1 Å². The molecule has 1 amide bonds. The number of anilines is 2. The molecule has 0 saturated heterocycles. The molecule has 0 aliphatic heterocycles. The number of nitrogens with two attached hydrogens (primary N) is 1. The summed E-state index contributed by atoms with van der Waals surface area (Å²) >= 11 is 0. The first-order valence-corrected chi connectivity index (χ1v) is 5.81. The second-order valence-electron chi connectivity index (χ2n) is 4.09. The number of aromatic amines is 1. The van der Waals surface area contributed by atoms with Gasteiger partial charge in [-0.25, -0.2) is 0 Å². The summed E-state index contributed by atoms with van der Waals surface area (Å²) in [5.74, 6) is -0.168. The van der Waals surface area contributed by atoms with Crippen LogP contribution in [0.4, 0.5) is 11.4 Å². The van der Waals surface area contributed by atoms with Crippen molar-refractivity contribution in [1.82, 2.24) is 10.2 Å². The summed E-state index contributed by atoms with van der Waals surface area (Å²) in [5, 5.41) is 6.41. The number of nitrogen functional groups attached to an aromatic ring is 1. The molecule has 18 heavy (non-hydrogen) atoms. The van der Waals surface area contributed by atoms with Crippen LogP contribution in [-0.2, 0) is 0 Å². The molecule has 1 aromatic carbocycles. The van der Waals surface area contributed by atoms with Crippen molar-refractivity contribution in [2.75, 3.05) is 17.2 Å². The van der Waals surface area contributed by atoms with Gasteiger partial charge in [0.2, 0.25) is 0 Å². The van der Waals surface area contributed by atoms with Crippen LogP contribution in [-0.4, -0.2) is 22.6 Å². The van der Waals surface area contributed by atoms with E-state index in [0.29, 0.717) is 17.9 Å². The lowest BCUT2D eigenvalue weighted by Crippen LogP contribution is -2.31. The first-order valence-electron chi connectivity index (χ1n) is 5.81. The van der Waals surface area contributed by atoms with Crippen molar-refractivity contribution in [3.8, 4) is 0 Å². The summed E-state index contributed by atoms with van der Waals surface area (Å²) in [4.78, 5) is 14.0. The molecule has 1 heterocycles. The lowest BCUT2D eigenvalue weighted by molar-refractivity contribution is 0.0984. The molecular formula is C13H16N4O. The monoisotopic (exact) mass is 244 g/mol. The van der Waals surface area contributed by atoms with Gasteiger partial charge in [-0.05, 0) is 31.5 Å². The highest BCUT2D eigenvalue weighted by Crippen LogP contribution is 2.19. The Morgan fingerprint density at radius 1 is 1.50 bits per heavy atom. The highest BCUT2D eigenvalue weighted by Gasteiger charge is 2.19. The predicted molar refractivity (Wildman–Crippen MR) is 71.5 cm³/mol. The third kappa shape index (κ3) is 2.20. The van der Waals surface area contributed by atoms with Crippen LogP contribution in [0.25, 0.3) is 0 Å². The van der Waals surface area contributed by atoms with Crippen molar-refractivity contribution in [1.29, 1.82) is 0 Å². The molecule has 0 saturated carbocycles. The molecule has 94 valence electrons. The molecule has 0 unspecified atom stereocenters. The fourth-order valence-electron chi connectivity index (χ4n) is 1.84. The maximum atomic E-state index is 12.3. The quantitative estimate of drug-likeness (QED) is 0.866. The van der Waals surface area contributed by atoms with E-state index in [1.165, 1.54) is 6.20 Å². The molecular weight excluding hydrogens is 228 g/mol. The number of benzene rings is 1. The molecule has 2 aromatic rings. The molecule has 0 fully saturated rings. The van der Waals surface area contributed by atoms with Crippen LogP contribution in [0.2, 0.25) is 0 Å². The zero-order valence-electron chi connectivity index (χ0n) is 10.5. The SMILES string of the molecule is CCN(C(=O)c1[nH]ncc1N)c1cccc(C)c1. The highest BCUT2D eigenvalue weighted by atomic mass is 16.2. The zero-order chi connectivity index (χ0) is 13.1. The van der Waals surface area contributed by atoms with Crippen molar-refractivity contribution < 1.29 is 4.79 Å². The van der Waals surface area contributed by atoms with E-state index < -0.39 is 0 Å². The van der Waals surface area contributed by atoms with E-state index >= 15 is 0 Å². The smallest absolute Gasteiger partial charge is 0.278 e. The molecule has 3 N–H and O–H groups in total. The molecule has 0 aliphatic carbocycles. The third-order valence-electron chi connectivity index (χ3n) is 2.76. The van der Waals surface area contributed by atoms with Gasteiger partial charge >= 0.3 is 0 Å².